The monoisotopic (exact) mass is 209 g/mol. The maximum Gasteiger partial charge on any atom is 0.391 e. The van der Waals surface area contributed by atoms with Crippen LogP contribution < -0.4 is 0 Å². The molecule has 72 valence electrons. The summed E-state index contributed by atoms with van der Waals surface area (Å²) >= 11 is -0.194. The van der Waals surface area contributed by atoms with Crippen LogP contribution in [0, 0.1) is 0 Å². The molecule has 0 aliphatic heterocycles. The van der Waals surface area contributed by atoms with Crippen LogP contribution in [0.1, 0.15) is 0 Å². The van der Waals surface area contributed by atoms with E-state index in [4.69, 9.17) is 0 Å². The maximum atomic E-state index is 2.50. The summed E-state index contributed by atoms with van der Waals surface area (Å²) in [6.07, 6.45) is 0. The second-order valence-corrected chi connectivity index (χ2v) is 5.04. The molecular weight excluding hydrogens is 197 g/mol. The summed E-state index contributed by atoms with van der Waals surface area (Å²) in [7, 11) is 0. The highest BCUT2D eigenvalue weighted by Gasteiger charge is 2.07. The second-order valence-electron chi connectivity index (χ2n) is 3.78. The minimum absolute atomic E-state index is 0.194. The molecule has 0 aliphatic carbocycles. The third-order valence-electron chi connectivity index (χ3n) is 3.00. The van der Waals surface area contributed by atoms with Gasteiger partial charge in [-0.2, -0.15) is 0 Å². The molecule has 3 rings (SSSR count). The number of fused-ring (bicyclic) bond motifs is 3. The standard InChI is InChI=1S/C12H8N.CH3.Al.H/c1-3-7-11-9(5-1)10-6-2-4-8-12(10)13-11;;;/h1-8H;1H3;;/q-1;;+1;. The third-order valence-corrected chi connectivity index (χ3v) is 4.31. The van der Waals surface area contributed by atoms with Crippen molar-refractivity contribution in [3.05, 3.63) is 48.5 Å². The van der Waals surface area contributed by atoms with Gasteiger partial charge in [-0.15, -0.1) is 0 Å². The Bertz CT molecular complexity index is 571. The molecule has 0 aliphatic rings. The molecule has 1 heterocycles. The lowest BCUT2D eigenvalue weighted by atomic mass is 10.2. The van der Waals surface area contributed by atoms with Crippen molar-refractivity contribution in [1.29, 1.82) is 0 Å². The van der Waals surface area contributed by atoms with Crippen LogP contribution in [0.25, 0.3) is 21.8 Å². The highest BCUT2D eigenvalue weighted by molar-refractivity contribution is 6.37. The minimum Gasteiger partial charge on any atom is -0.437 e. The average Bonchev–Trinajstić information content (AvgIpc) is 2.63. The molecule has 0 unspecified atom stereocenters. The molecule has 2 aromatic carbocycles. The van der Waals surface area contributed by atoms with Gasteiger partial charge >= 0.3 is 15.4 Å². The van der Waals surface area contributed by atoms with Crippen molar-refractivity contribution < 1.29 is 0 Å². The van der Waals surface area contributed by atoms with Crippen molar-refractivity contribution in [1.82, 2.24) is 3.55 Å². The normalized spacial score (nSPS) is 11.0. The summed E-state index contributed by atoms with van der Waals surface area (Å²) in [6.45, 7) is 0. The molecule has 0 N–H and O–H groups in total. The van der Waals surface area contributed by atoms with Crippen molar-refractivity contribution in [3.63, 3.8) is 0 Å². The molecule has 0 bridgehead atoms. The number of para-hydroxylation sites is 2. The minimum atomic E-state index is -0.194. The topological polar surface area (TPSA) is 4.93 Å². The molecule has 2 heteroatoms. The summed E-state index contributed by atoms with van der Waals surface area (Å²) in [5, 5.41) is 2.78. The van der Waals surface area contributed by atoms with Crippen LogP contribution in [0.2, 0.25) is 5.79 Å². The average molecular weight is 209 g/mol. The zero-order chi connectivity index (χ0) is 10.3. The number of benzene rings is 2. The smallest absolute Gasteiger partial charge is 0.391 e. The van der Waals surface area contributed by atoms with E-state index in [1.54, 1.807) is 0 Å². The van der Waals surface area contributed by atoms with Crippen molar-refractivity contribution in [2.45, 2.75) is 5.79 Å². The Morgan fingerprint density at radius 1 is 0.800 bits per heavy atom. The van der Waals surface area contributed by atoms with E-state index < -0.39 is 0 Å². The van der Waals surface area contributed by atoms with E-state index in [0.29, 0.717) is 0 Å². The second kappa shape index (κ2) is 3.41. The van der Waals surface area contributed by atoms with Gasteiger partial charge in [-0.3, -0.25) is 0 Å². The zero-order valence-corrected chi connectivity index (χ0v) is 10.2. The highest BCUT2D eigenvalue weighted by Crippen LogP contribution is 2.27. The lowest BCUT2D eigenvalue weighted by Gasteiger charge is -2.01. The van der Waals surface area contributed by atoms with Gasteiger partial charge in [0.05, 0.1) is 0 Å². The lowest BCUT2D eigenvalue weighted by Crippen LogP contribution is -1.99. The molecule has 0 fully saturated rings. The van der Waals surface area contributed by atoms with Crippen LogP contribution in [0.15, 0.2) is 48.5 Å². The predicted octanol–water partition coefficient (Wildman–Crippen LogP) is 3.04. The van der Waals surface area contributed by atoms with E-state index in [1.165, 1.54) is 21.8 Å². The molecule has 0 saturated heterocycles. The first-order chi connectivity index (χ1) is 7.42. The Morgan fingerprint density at radius 3 is 1.73 bits per heavy atom. The van der Waals surface area contributed by atoms with Gasteiger partial charge in [0.15, 0.2) is 0 Å². The molecule has 0 amide bonds. The molecular formula is C13H12AlN. The molecule has 1 aromatic heterocycles. The Balaban J connectivity index is 2.62. The number of hydrogen-bond donors (Lipinski definition) is 0. The van der Waals surface area contributed by atoms with Crippen LogP contribution in [-0.4, -0.2) is 19.0 Å². The molecule has 0 atom stereocenters. The van der Waals surface area contributed by atoms with Gasteiger partial charge in [-0.1, -0.05) is 42.2 Å². The van der Waals surface area contributed by atoms with E-state index in [9.17, 15) is 0 Å². The number of hydrogen-bond acceptors (Lipinski definition) is 0. The van der Waals surface area contributed by atoms with Crippen LogP contribution in [0.5, 0.6) is 0 Å². The van der Waals surface area contributed by atoms with Crippen LogP contribution in [0.4, 0.5) is 0 Å². The first-order valence-electron chi connectivity index (χ1n) is 5.38. The van der Waals surface area contributed by atoms with Gasteiger partial charge in [0, 0.05) is 21.8 Å². The van der Waals surface area contributed by atoms with Crippen LogP contribution in [0.3, 0.4) is 0 Å². The molecule has 0 spiro atoms. The van der Waals surface area contributed by atoms with Crippen molar-refractivity contribution in [3.8, 4) is 0 Å². The zero-order valence-electron chi connectivity index (χ0n) is 8.77. The summed E-state index contributed by atoms with van der Waals surface area (Å²) in [5.41, 5.74) is 2.79. The number of rotatable bonds is 1. The van der Waals surface area contributed by atoms with E-state index >= 15 is 0 Å². The van der Waals surface area contributed by atoms with Gasteiger partial charge in [-0.05, 0) is 12.1 Å². The van der Waals surface area contributed by atoms with Crippen molar-refractivity contribution >= 4 is 37.2 Å². The first kappa shape index (κ1) is 9.03. The fraction of sp³-hybridized carbons (Fsp3) is 0.0769. The largest absolute Gasteiger partial charge is 0.437 e. The molecule has 0 radical (unpaired) electrons. The molecule has 15 heavy (non-hydrogen) atoms. The van der Waals surface area contributed by atoms with Gasteiger partial charge in [0.2, 0.25) is 0 Å². The lowest BCUT2D eigenvalue weighted by molar-refractivity contribution is 1.36. The van der Waals surface area contributed by atoms with Crippen molar-refractivity contribution in [2.24, 2.45) is 0 Å². The number of nitrogens with zero attached hydrogens (tertiary/aromatic N) is 1. The Hall–Kier alpha value is -1.23. The van der Waals surface area contributed by atoms with E-state index in [2.05, 4.69) is 57.9 Å². The highest BCUT2D eigenvalue weighted by atomic mass is 27.1. The summed E-state index contributed by atoms with van der Waals surface area (Å²) in [5.74, 6) is 2.33. The van der Waals surface area contributed by atoms with Crippen molar-refractivity contribution in [2.75, 3.05) is 0 Å². The fourth-order valence-electron chi connectivity index (χ4n) is 2.34. The Morgan fingerprint density at radius 2 is 1.27 bits per heavy atom. The molecule has 0 saturated carbocycles. The third kappa shape index (κ3) is 1.23. The van der Waals surface area contributed by atoms with E-state index in [0.717, 1.165) is 0 Å². The van der Waals surface area contributed by atoms with Gasteiger partial charge in [0.25, 0.3) is 0 Å². The predicted molar refractivity (Wildman–Crippen MR) is 67.9 cm³/mol. The first-order valence-corrected chi connectivity index (χ1v) is 7.42. The summed E-state index contributed by atoms with van der Waals surface area (Å²) in [4.78, 5) is 0. The Labute approximate surface area is 95.3 Å². The van der Waals surface area contributed by atoms with Crippen LogP contribution >= 0.6 is 0 Å². The summed E-state index contributed by atoms with van der Waals surface area (Å²) in [6, 6.07) is 17.4. The fourth-order valence-corrected chi connectivity index (χ4v) is 3.58. The van der Waals surface area contributed by atoms with Crippen LogP contribution in [-0.2, 0) is 0 Å². The Kier molecular flexibility index (Phi) is 2.06. The summed E-state index contributed by atoms with van der Waals surface area (Å²) < 4.78 is 2.50. The quantitative estimate of drug-likeness (QED) is 0.543. The van der Waals surface area contributed by atoms with Gasteiger partial charge in [0.1, 0.15) is 0 Å². The van der Waals surface area contributed by atoms with E-state index in [-0.39, 0.29) is 15.4 Å². The maximum absolute atomic E-state index is 2.50. The van der Waals surface area contributed by atoms with Gasteiger partial charge in [-0.25, -0.2) is 0 Å². The SMILES string of the molecule is [CH3][AlH][n]1c2ccccc2c2ccccc21. The van der Waals surface area contributed by atoms with E-state index in [1.807, 2.05) is 0 Å². The molecule has 3 aromatic rings. The number of aromatic nitrogens is 1. The molecule has 1 nitrogen and oxygen atoms in total. The van der Waals surface area contributed by atoms with Gasteiger partial charge < -0.3 is 3.55 Å².